The number of rotatable bonds is 2. The Hall–Kier alpha value is -0.890. The fraction of sp³-hybridized carbons (Fsp3) is 0.385. The molecule has 1 aromatic carbocycles. The fourth-order valence-electron chi connectivity index (χ4n) is 2.53. The third-order valence-electron chi connectivity index (χ3n) is 3.69. The molecule has 0 radical (unpaired) electrons. The maximum Gasteiger partial charge on any atom is 0.243 e. The smallest absolute Gasteiger partial charge is 0.243 e. The summed E-state index contributed by atoms with van der Waals surface area (Å²) in [4.78, 5) is 5.89. The van der Waals surface area contributed by atoms with Crippen molar-refractivity contribution >= 4 is 26.0 Å². The zero-order valence-electron chi connectivity index (χ0n) is 10.8. The molecule has 2 heterocycles. The molecule has 2 aliphatic rings. The number of hydroxylamine groups is 1. The molecule has 1 aromatic rings. The molecule has 1 N–H and O–H groups in total. The molecule has 0 saturated carbocycles. The predicted octanol–water partition coefficient (Wildman–Crippen LogP) is 1.98. The van der Waals surface area contributed by atoms with Gasteiger partial charge in [0.2, 0.25) is 10.0 Å². The Balaban J connectivity index is 1.76. The Bertz CT molecular complexity index is 622. The monoisotopic (exact) mass is 358 g/mol. The van der Waals surface area contributed by atoms with Gasteiger partial charge >= 0.3 is 0 Å². The molecule has 2 aliphatic heterocycles. The molecule has 1 fully saturated rings. The van der Waals surface area contributed by atoms with Crippen molar-refractivity contribution in [2.75, 3.05) is 13.1 Å². The fourth-order valence-corrected chi connectivity index (χ4v) is 4.49. The Labute approximate surface area is 126 Å². The van der Waals surface area contributed by atoms with Crippen molar-refractivity contribution in [1.29, 1.82) is 0 Å². The molecule has 0 bridgehead atoms. The van der Waals surface area contributed by atoms with Gasteiger partial charge in [0, 0.05) is 13.1 Å². The highest BCUT2D eigenvalue weighted by atomic mass is 79.9. The van der Waals surface area contributed by atoms with Crippen LogP contribution in [0.15, 0.2) is 45.9 Å². The maximum absolute atomic E-state index is 12.5. The lowest BCUT2D eigenvalue weighted by molar-refractivity contribution is -0.0631. The number of sulfonamides is 1. The van der Waals surface area contributed by atoms with Crippen LogP contribution in [0.5, 0.6) is 0 Å². The van der Waals surface area contributed by atoms with Crippen LogP contribution in [0.25, 0.3) is 0 Å². The largest absolute Gasteiger partial charge is 0.265 e. The quantitative estimate of drug-likeness (QED) is 0.821. The van der Waals surface area contributed by atoms with E-state index in [1.807, 2.05) is 12.1 Å². The molecule has 20 heavy (non-hydrogen) atoms. The van der Waals surface area contributed by atoms with Crippen LogP contribution in [-0.2, 0) is 14.9 Å². The highest BCUT2D eigenvalue weighted by Crippen LogP contribution is 2.34. The molecular weight excluding hydrogens is 344 g/mol. The van der Waals surface area contributed by atoms with E-state index in [9.17, 15) is 8.42 Å². The molecule has 3 rings (SSSR count). The van der Waals surface area contributed by atoms with Crippen molar-refractivity contribution in [3.05, 3.63) is 41.0 Å². The second-order valence-corrected chi connectivity index (χ2v) is 7.77. The van der Waals surface area contributed by atoms with E-state index in [1.54, 1.807) is 24.3 Å². The molecule has 0 unspecified atom stereocenters. The van der Waals surface area contributed by atoms with Crippen molar-refractivity contribution in [2.45, 2.75) is 23.3 Å². The topological polar surface area (TPSA) is 58.6 Å². The van der Waals surface area contributed by atoms with E-state index in [0.717, 1.165) is 4.61 Å². The van der Waals surface area contributed by atoms with Gasteiger partial charge in [-0.2, -0.15) is 4.31 Å². The number of halogens is 1. The van der Waals surface area contributed by atoms with E-state index in [1.165, 1.54) is 4.31 Å². The maximum atomic E-state index is 12.5. The van der Waals surface area contributed by atoms with Gasteiger partial charge in [-0.1, -0.05) is 18.2 Å². The zero-order valence-corrected chi connectivity index (χ0v) is 13.2. The lowest BCUT2D eigenvalue weighted by atomic mass is 9.93. The van der Waals surface area contributed by atoms with Crippen molar-refractivity contribution < 1.29 is 13.3 Å². The number of benzene rings is 1. The summed E-state index contributed by atoms with van der Waals surface area (Å²) in [7, 11) is -3.40. The van der Waals surface area contributed by atoms with Crippen molar-refractivity contribution in [3.63, 3.8) is 0 Å². The summed E-state index contributed by atoms with van der Waals surface area (Å²) in [6, 6.07) is 8.54. The predicted molar refractivity (Wildman–Crippen MR) is 78.4 cm³/mol. The van der Waals surface area contributed by atoms with Gasteiger partial charge in [0.1, 0.15) is 10.2 Å². The van der Waals surface area contributed by atoms with E-state index in [-0.39, 0.29) is 5.60 Å². The van der Waals surface area contributed by atoms with Gasteiger partial charge in [0.25, 0.3) is 0 Å². The first-order valence-electron chi connectivity index (χ1n) is 6.39. The van der Waals surface area contributed by atoms with Crippen LogP contribution >= 0.6 is 15.9 Å². The van der Waals surface area contributed by atoms with E-state index in [2.05, 4.69) is 21.4 Å². The number of nitrogens with zero attached hydrogens (tertiary/aromatic N) is 1. The second-order valence-electron chi connectivity index (χ2n) is 4.98. The Morgan fingerprint density at radius 2 is 1.85 bits per heavy atom. The molecule has 0 amide bonds. The number of nitrogens with one attached hydrogen (secondary N) is 1. The molecule has 0 aromatic heterocycles. The highest BCUT2D eigenvalue weighted by Gasteiger charge is 2.41. The summed E-state index contributed by atoms with van der Waals surface area (Å²) in [6.07, 6.45) is 3.25. The Morgan fingerprint density at radius 1 is 1.20 bits per heavy atom. The summed E-state index contributed by atoms with van der Waals surface area (Å²) < 4.78 is 27.3. The Kier molecular flexibility index (Phi) is 3.62. The van der Waals surface area contributed by atoms with Gasteiger partial charge < -0.3 is 0 Å². The lowest BCUT2D eigenvalue weighted by Gasteiger charge is -2.35. The van der Waals surface area contributed by atoms with Gasteiger partial charge in [0.05, 0.1) is 4.90 Å². The molecule has 108 valence electrons. The van der Waals surface area contributed by atoms with Gasteiger partial charge in [-0.05, 0) is 47.0 Å². The number of hydrogen-bond acceptors (Lipinski definition) is 4. The summed E-state index contributed by atoms with van der Waals surface area (Å²) in [5.41, 5.74) is 2.39. The molecule has 1 spiro atoms. The average molecular weight is 359 g/mol. The molecule has 7 heteroatoms. The molecule has 0 atom stereocenters. The van der Waals surface area contributed by atoms with Crippen LogP contribution in [0.1, 0.15) is 12.8 Å². The summed E-state index contributed by atoms with van der Waals surface area (Å²) in [6.45, 7) is 0.908. The summed E-state index contributed by atoms with van der Waals surface area (Å²) in [5.74, 6) is 0. The van der Waals surface area contributed by atoms with Crippen LogP contribution in [0, 0.1) is 0 Å². The molecule has 5 nitrogen and oxygen atoms in total. The molecule has 1 saturated heterocycles. The molecule has 0 aliphatic carbocycles. The van der Waals surface area contributed by atoms with Crippen LogP contribution in [0.2, 0.25) is 0 Å². The minimum atomic E-state index is -3.40. The van der Waals surface area contributed by atoms with Gasteiger partial charge in [0.15, 0.2) is 0 Å². The highest BCUT2D eigenvalue weighted by molar-refractivity contribution is 9.11. The summed E-state index contributed by atoms with van der Waals surface area (Å²) >= 11 is 3.33. The van der Waals surface area contributed by atoms with E-state index in [4.69, 9.17) is 4.84 Å². The average Bonchev–Trinajstić information content (AvgIpc) is 2.81. The van der Waals surface area contributed by atoms with Crippen LogP contribution in [-0.4, -0.2) is 31.4 Å². The van der Waals surface area contributed by atoms with E-state index in [0.29, 0.717) is 30.8 Å². The normalized spacial score (nSPS) is 22.6. The minimum Gasteiger partial charge on any atom is -0.265 e. The van der Waals surface area contributed by atoms with Crippen molar-refractivity contribution in [2.24, 2.45) is 0 Å². The Morgan fingerprint density at radius 3 is 2.40 bits per heavy atom. The minimum absolute atomic E-state index is 0.345. The first-order valence-corrected chi connectivity index (χ1v) is 8.63. The first-order chi connectivity index (χ1) is 9.52. The lowest BCUT2D eigenvalue weighted by Crippen LogP contribution is -2.46. The second kappa shape index (κ2) is 5.14. The van der Waals surface area contributed by atoms with Crippen molar-refractivity contribution in [1.82, 2.24) is 9.79 Å². The molecular formula is C13H15BrN2O3S. The van der Waals surface area contributed by atoms with Crippen molar-refractivity contribution in [3.8, 4) is 0 Å². The van der Waals surface area contributed by atoms with Gasteiger partial charge in [-0.25, -0.2) is 8.42 Å². The van der Waals surface area contributed by atoms with Gasteiger partial charge in [-0.3, -0.25) is 10.3 Å². The van der Waals surface area contributed by atoms with Crippen LogP contribution in [0.3, 0.4) is 0 Å². The third kappa shape index (κ3) is 2.50. The zero-order chi connectivity index (χ0) is 14.2. The van der Waals surface area contributed by atoms with E-state index < -0.39 is 10.0 Å². The standard InChI is InChI=1S/C13H15BrN2O3S/c14-12-10-13(19-15-12)6-8-16(9-7-13)20(17,18)11-4-2-1-3-5-11/h1-5,10,15H,6-9H2. The number of hydrogen-bond donors (Lipinski definition) is 1. The third-order valence-corrected chi connectivity index (χ3v) is 5.99. The van der Waals surface area contributed by atoms with Crippen LogP contribution < -0.4 is 5.48 Å². The summed E-state index contributed by atoms with van der Waals surface area (Å²) in [5, 5.41) is 0. The SMILES string of the molecule is O=S(=O)(c1ccccc1)N1CCC2(C=C(Br)NO2)CC1. The first kappa shape index (κ1) is 14.1. The van der Waals surface area contributed by atoms with E-state index >= 15 is 0 Å². The van der Waals surface area contributed by atoms with Crippen LogP contribution in [0.4, 0.5) is 0 Å². The number of piperidine rings is 1. The van der Waals surface area contributed by atoms with Gasteiger partial charge in [-0.15, -0.1) is 0 Å².